The molecule has 0 aromatic rings. The Labute approximate surface area is 82.4 Å². The van der Waals surface area contributed by atoms with Gasteiger partial charge in [-0.1, -0.05) is 6.42 Å². The van der Waals surface area contributed by atoms with Crippen molar-refractivity contribution in [2.24, 2.45) is 0 Å². The van der Waals surface area contributed by atoms with Crippen LogP contribution in [0.15, 0.2) is 0 Å². The summed E-state index contributed by atoms with van der Waals surface area (Å²) in [6.07, 6.45) is 4.47. The summed E-state index contributed by atoms with van der Waals surface area (Å²) in [6.45, 7) is -0.383. The van der Waals surface area contributed by atoms with Gasteiger partial charge in [-0.15, -0.1) is 0 Å². The van der Waals surface area contributed by atoms with Crippen LogP contribution in [0.5, 0.6) is 0 Å². The van der Waals surface area contributed by atoms with Crippen LogP contribution in [-0.2, 0) is 9.53 Å². The molecule has 1 fully saturated rings. The van der Waals surface area contributed by atoms with E-state index in [9.17, 15) is 9.59 Å². The number of alkyl carbamates (subject to hydrolysis) is 1. The molecule has 5 heteroatoms. The first-order valence-corrected chi connectivity index (χ1v) is 4.85. The van der Waals surface area contributed by atoms with E-state index in [0.717, 1.165) is 25.7 Å². The molecule has 5 nitrogen and oxygen atoms in total. The van der Waals surface area contributed by atoms with E-state index >= 15 is 0 Å². The first-order chi connectivity index (χ1) is 6.68. The van der Waals surface area contributed by atoms with E-state index in [2.05, 4.69) is 5.32 Å². The molecule has 14 heavy (non-hydrogen) atoms. The molecule has 1 saturated carbocycles. The predicted molar refractivity (Wildman–Crippen MR) is 49.0 cm³/mol. The fourth-order valence-corrected chi connectivity index (χ4v) is 1.52. The van der Waals surface area contributed by atoms with Crippen molar-refractivity contribution in [1.29, 1.82) is 0 Å². The van der Waals surface area contributed by atoms with Crippen LogP contribution in [0, 0.1) is 0 Å². The average molecular weight is 201 g/mol. The molecule has 0 radical (unpaired) electrons. The third kappa shape index (κ3) is 4.11. The molecule has 1 aliphatic rings. The number of carbonyl (C=O) groups is 2. The zero-order chi connectivity index (χ0) is 10.4. The number of carboxylic acids is 1. The van der Waals surface area contributed by atoms with Crippen LogP contribution in [0.1, 0.15) is 32.1 Å². The number of carboxylic acid groups (broad SMARTS) is 1. The zero-order valence-corrected chi connectivity index (χ0v) is 7.99. The Morgan fingerprint density at radius 1 is 1.29 bits per heavy atom. The van der Waals surface area contributed by atoms with Crippen molar-refractivity contribution in [3.63, 3.8) is 0 Å². The van der Waals surface area contributed by atoms with Gasteiger partial charge in [0.15, 0.2) is 0 Å². The summed E-state index contributed by atoms with van der Waals surface area (Å²) in [5.41, 5.74) is 0. The normalized spacial score (nSPS) is 17.4. The second-order valence-corrected chi connectivity index (χ2v) is 3.41. The smallest absolute Gasteiger partial charge is 0.407 e. The molecular weight excluding hydrogens is 186 g/mol. The van der Waals surface area contributed by atoms with Crippen molar-refractivity contribution in [1.82, 2.24) is 5.32 Å². The number of rotatable bonds is 3. The highest BCUT2D eigenvalue weighted by molar-refractivity contribution is 5.76. The number of nitrogens with one attached hydrogen (secondary N) is 1. The lowest BCUT2D eigenvalue weighted by Gasteiger charge is -2.21. The van der Waals surface area contributed by atoms with Gasteiger partial charge in [-0.05, 0) is 25.7 Å². The first kappa shape index (κ1) is 10.8. The lowest BCUT2D eigenvalue weighted by Crippen LogP contribution is -2.33. The molecule has 80 valence electrons. The first-order valence-electron chi connectivity index (χ1n) is 4.85. The number of hydrogen-bond acceptors (Lipinski definition) is 3. The van der Waals surface area contributed by atoms with Crippen molar-refractivity contribution >= 4 is 12.1 Å². The fraction of sp³-hybridized carbons (Fsp3) is 0.778. The van der Waals surface area contributed by atoms with Crippen LogP contribution < -0.4 is 5.32 Å². The summed E-state index contributed by atoms with van der Waals surface area (Å²) in [5.74, 6) is -1.06. The standard InChI is InChI=1S/C9H15NO4/c11-8(12)6-10-9(13)14-7-4-2-1-3-5-7/h7H,1-6H2,(H,10,13)(H,11,12). The predicted octanol–water partition coefficient (Wildman–Crippen LogP) is 1.13. The zero-order valence-electron chi connectivity index (χ0n) is 7.99. The minimum absolute atomic E-state index is 0.0301. The number of hydrogen-bond donors (Lipinski definition) is 2. The maximum Gasteiger partial charge on any atom is 0.407 e. The SMILES string of the molecule is O=C(O)CNC(=O)OC1CCCCC1. The fourth-order valence-electron chi connectivity index (χ4n) is 1.52. The largest absolute Gasteiger partial charge is 0.480 e. The van der Waals surface area contributed by atoms with Crippen molar-refractivity contribution in [3.05, 3.63) is 0 Å². The molecule has 0 aromatic carbocycles. The third-order valence-corrected chi connectivity index (χ3v) is 2.21. The van der Waals surface area contributed by atoms with Gasteiger partial charge in [0.1, 0.15) is 12.6 Å². The minimum Gasteiger partial charge on any atom is -0.480 e. The van der Waals surface area contributed by atoms with Crippen LogP contribution in [0.3, 0.4) is 0 Å². The van der Waals surface area contributed by atoms with Crippen molar-refractivity contribution in [2.75, 3.05) is 6.54 Å². The Morgan fingerprint density at radius 2 is 1.93 bits per heavy atom. The molecule has 1 rings (SSSR count). The highest BCUT2D eigenvalue weighted by atomic mass is 16.6. The molecular formula is C9H15NO4. The Hall–Kier alpha value is -1.26. The lowest BCUT2D eigenvalue weighted by molar-refractivity contribution is -0.135. The summed E-state index contributed by atoms with van der Waals surface area (Å²) < 4.78 is 5.03. The molecule has 1 amide bonds. The Morgan fingerprint density at radius 3 is 2.50 bits per heavy atom. The van der Waals surface area contributed by atoms with E-state index in [1.54, 1.807) is 0 Å². The van der Waals surface area contributed by atoms with Gasteiger partial charge in [0.2, 0.25) is 0 Å². The summed E-state index contributed by atoms with van der Waals surface area (Å²) >= 11 is 0. The minimum atomic E-state index is -1.06. The molecule has 0 aromatic heterocycles. The number of amides is 1. The topological polar surface area (TPSA) is 75.6 Å². The van der Waals surface area contributed by atoms with Crippen molar-refractivity contribution < 1.29 is 19.4 Å². The summed E-state index contributed by atoms with van der Waals surface area (Å²) in [6, 6.07) is 0. The molecule has 0 bridgehead atoms. The van der Waals surface area contributed by atoms with E-state index < -0.39 is 12.1 Å². The second kappa shape index (κ2) is 5.47. The maximum atomic E-state index is 11.0. The number of ether oxygens (including phenoxy) is 1. The van der Waals surface area contributed by atoms with Gasteiger partial charge in [-0.3, -0.25) is 4.79 Å². The van der Waals surface area contributed by atoms with Gasteiger partial charge < -0.3 is 15.2 Å². The van der Waals surface area contributed by atoms with Crippen LogP contribution in [0.2, 0.25) is 0 Å². The van der Waals surface area contributed by atoms with Gasteiger partial charge in [-0.2, -0.15) is 0 Å². The Bertz CT molecular complexity index is 211. The molecule has 2 N–H and O–H groups in total. The summed E-state index contributed by atoms with van der Waals surface area (Å²) in [5, 5.41) is 10.5. The van der Waals surface area contributed by atoms with Gasteiger partial charge in [0.25, 0.3) is 0 Å². The molecule has 0 unspecified atom stereocenters. The molecule has 0 spiro atoms. The molecule has 0 saturated heterocycles. The van der Waals surface area contributed by atoms with E-state index in [0.29, 0.717) is 0 Å². The Kier molecular flexibility index (Phi) is 4.22. The monoisotopic (exact) mass is 201 g/mol. The van der Waals surface area contributed by atoms with Crippen LogP contribution in [0.25, 0.3) is 0 Å². The quantitative estimate of drug-likeness (QED) is 0.717. The van der Waals surface area contributed by atoms with Gasteiger partial charge >= 0.3 is 12.1 Å². The molecule has 0 atom stereocenters. The maximum absolute atomic E-state index is 11.0. The van der Waals surface area contributed by atoms with Gasteiger partial charge in [-0.25, -0.2) is 4.79 Å². The van der Waals surface area contributed by atoms with Gasteiger partial charge in [0.05, 0.1) is 0 Å². The van der Waals surface area contributed by atoms with E-state index in [1.807, 2.05) is 0 Å². The summed E-state index contributed by atoms with van der Waals surface area (Å²) in [4.78, 5) is 21.1. The van der Waals surface area contributed by atoms with Crippen molar-refractivity contribution in [3.8, 4) is 0 Å². The highest BCUT2D eigenvalue weighted by Crippen LogP contribution is 2.20. The lowest BCUT2D eigenvalue weighted by atomic mass is 9.98. The van der Waals surface area contributed by atoms with Crippen LogP contribution in [0.4, 0.5) is 4.79 Å². The molecule has 0 heterocycles. The molecule has 1 aliphatic carbocycles. The second-order valence-electron chi connectivity index (χ2n) is 3.41. The third-order valence-electron chi connectivity index (χ3n) is 2.21. The van der Waals surface area contributed by atoms with E-state index in [-0.39, 0.29) is 12.6 Å². The number of carbonyl (C=O) groups excluding carboxylic acids is 1. The van der Waals surface area contributed by atoms with E-state index in [4.69, 9.17) is 9.84 Å². The van der Waals surface area contributed by atoms with Crippen LogP contribution >= 0.6 is 0 Å². The highest BCUT2D eigenvalue weighted by Gasteiger charge is 2.17. The molecule has 0 aliphatic heterocycles. The van der Waals surface area contributed by atoms with Crippen molar-refractivity contribution in [2.45, 2.75) is 38.2 Å². The van der Waals surface area contributed by atoms with Gasteiger partial charge in [0, 0.05) is 0 Å². The van der Waals surface area contributed by atoms with Crippen LogP contribution in [-0.4, -0.2) is 29.8 Å². The van der Waals surface area contributed by atoms with E-state index in [1.165, 1.54) is 6.42 Å². The Balaban J connectivity index is 2.15. The number of aliphatic carboxylic acids is 1. The summed E-state index contributed by atoms with van der Waals surface area (Å²) in [7, 11) is 0. The average Bonchev–Trinajstić information content (AvgIpc) is 2.16.